The third-order valence-electron chi connectivity index (χ3n) is 3.49. The molecule has 108 valence electrons. The topological polar surface area (TPSA) is 73.0 Å². The number of anilines is 2. The number of aromatic hydroxyl groups is 1. The van der Waals surface area contributed by atoms with Gasteiger partial charge >= 0.3 is 0 Å². The SMILES string of the molecule is CCc1nnc(N(C)c2ccc(O)cc2)c(C#N)c1CC. The number of benzene rings is 1. The van der Waals surface area contributed by atoms with Gasteiger partial charge in [-0.25, -0.2) is 0 Å². The molecule has 0 aliphatic carbocycles. The highest BCUT2D eigenvalue weighted by Gasteiger charge is 2.18. The summed E-state index contributed by atoms with van der Waals surface area (Å²) >= 11 is 0. The van der Waals surface area contributed by atoms with Gasteiger partial charge in [0.15, 0.2) is 5.82 Å². The molecule has 0 saturated carbocycles. The molecule has 1 aromatic heterocycles. The van der Waals surface area contributed by atoms with Gasteiger partial charge in [-0.2, -0.15) is 10.4 Å². The Bertz CT molecular complexity index is 674. The van der Waals surface area contributed by atoms with Crippen molar-refractivity contribution in [1.29, 1.82) is 5.26 Å². The van der Waals surface area contributed by atoms with E-state index in [-0.39, 0.29) is 5.75 Å². The fourth-order valence-electron chi connectivity index (χ4n) is 2.31. The molecule has 1 aromatic carbocycles. The van der Waals surface area contributed by atoms with E-state index >= 15 is 0 Å². The Morgan fingerprint density at radius 2 is 1.81 bits per heavy atom. The van der Waals surface area contributed by atoms with Gasteiger partial charge in [-0.3, -0.25) is 0 Å². The quantitative estimate of drug-likeness (QED) is 0.933. The molecule has 0 aliphatic heterocycles. The molecule has 21 heavy (non-hydrogen) atoms. The highest BCUT2D eigenvalue weighted by Crippen LogP contribution is 2.28. The molecule has 0 aliphatic rings. The van der Waals surface area contributed by atoms with Gasteiger partial charge in [0.2, 0.25) is 0 Å². The van der Waals surface area contributed by atoms with Crippen LogP contribution in [0, 0.1) is 11.3 Å². The van der Waals surface area contributed by atoms with Crippen LogP contribution in [0.1, 0.15) is 30.7 Å². The lowest BCUT2D eigenvalue weighted by molar-refractivity contribution is 0.475. The van der Waals surface area contributed by atoms with Gasteiger partial charge < -0.3 is 10.0 Å². The van der Waals surface area contributed by atoms with Gasteiger partial charge in [0.05, 0.1) is 5.69 Å². The summed E-state index contributed by atoms with van der Waals surface area (Å²) in [6.45, 7) is 4.02. The summed E-state index contributed by atoms with van der Waals surface area (Å²) in [5.41, 5.74) is 3.23. The fourth-order valence-corrected chi connectivity index (χ4v) is 2.31. The molecular formula is C16H18N4O. The standard InChI is InChI=1S/C16H18N4O/c1-4-13-14(10-17)16(19-18-15(13)5-2)20(3)11-6-8-12(21)9-7-11/h6-9,21H,4-5H2,1-3H3. The molecule has 0 saturated heterocycles. The zero-order valence-electron chi connectivity index (χ0n) is 12.5. The third-order valence-corrected chi connectivity index (χ3v) is 3.49. The molecule has 2 rings (SSSR count). The van der Waals surface area contributed by atoms with Crippen molar-refractivity contribution in [3.63, 3.8) is 0 Å². The van der Waals surface area contributed by atoms with Crippen molar-refractivity contribution in [3.8, 4) is 11.8 Å². The minimum absolute atomic E-state index is 0.203. The van der Waals surface area contributed by atoms with E-state index in [4.69, 9.17) is 0 Å². The Balaban J connectivity index is 2.53. The maximum Gasteiger partial charge on any atom is 0.173 e. The summed E-state index contributed by atoms with van der Waals surface area (Å²) in [6, 6.07) is 9.02. The number of hydrogen-bond acceptors (Lipinski definition) is 5. The first-order chi connectivity index (χ1) is 10.1. The van der Waals surface area contributed by atoms with Crippen LogP contribution in [0.4, 0.5) is 11.5 Å². The molecule has 1 heterocycles. The van der Waals surface area contributed by atoms with Gasteiger partial charge in [0.25, 0.3) is 0 Å². The molecule has 0 fully saturated rings. The Labute approximate surface area is 124 Å². The summed E-state index contributed by atoms with van der Waals surface area (Å²) in [7, 11) is 1.84. The Morgan fingerprint density at radius 3 is 2.33 bits per heavy atom. The van der Waals surface area contributed by atoms with Crippen molar-refractivity contribution in [2.24, 2.45) is 0 Å². The number of phenols is 1. The minimum Gasteiger partial charge on any atom is -0.508 e. The molecule has 0 spiro atoms. The number of hydrogen-bond donors (Lipinski definition) is 1. The largest absolute Gasteiger partial charge is 0.508 e. The van der Waals surface area contributed by atoms with E-state index in [0.29, 0.717) is 11.4 Å². The van der Waals surface area contributed by atoms with Crippen molar-refractivity contribution in [2.75, 3.05) is 11.9 Å². The zero-order chi connectivity index (χ0) is 15.4. The lowest BCUT2D eigenvalue weighted by atomic mass is 10.0. The summed E-state index contributed by atoms with van der Waals surface area (Å²) in [6.07, 6.45) is 1.51. The predicted molar refractivity (Wildman–Crippen MR) is 81.7 cm³/mol. The summed E-state index contributed by atoms with van der Waals surface area (Å²) in [5, 5.41) is 27.3. The van der Waals surface area contributed by atoms with Gasteiger partial charge in [-0.1, -0.05) is 13.8 Å². The normalized spacial score (nSPS) is 10.2. The van der Waals surface area contributed by atoms with Gasteiger partial charge in [0.1, 0.15) is 17.4 Å². The summed E-state index contributed by atoms with van der Waals surface area (Å²) < 4.78 is 0. The maximum absolute atomic E-state index is 9.51. The van der Waals surface area contributed by atoms with Gasteiger partial charge in [0, 0.05) is 12.7 Å². The van der Waals surface area contributed by atoms with Crippen molar-refractivity contribution < 1.29 is 5.11 Å². The first-order valence-electron chi connectivity index (χ1n) is 6.93. The monoisotopic (exact) mass is 282 g/mol. The zero-order valence-corrected chi connectivity index (χ0v) is 12.5. The lowest BCUT2D eigenvalue weighted by Gasteiger charge is -2.20. The highest BCUT2D eigenvalue weighted by atomic mass is 16.3. The van der Waals surface area contributed by atoms with Crippen LogP contribution >= 0.6 is 0 Å². The molecule has 2 aromatic rings. The molecule has 5 nitrogen and oxygen atoms in total. The van der Waals surface area contributed by atoms with E-state index in [0.717, 1.165) is 29.8 Å². The second kappa shape index (κ2) is 6.23. The first kappa shape index (κ1) is 14.8. The minimum atomic E-state index is 0.203. The Hall–Kier alpha value is -2.61. The van der Waals surface area contributed by atoms with E-state index < -0.39 is 0 Å². The van der Waals surface area contributed by atoms with E-state index in [9.17, 15) is 10.4 Å². The maximum atomic E-state index is 9.51. The van der Waals surface area contributed by atoms with Crippen molar-refractivity contribution in [2.45, 2.75) is 26.7 Å². The van der Waals surface area contributed by atoms with Crippen LogP contribution in [0.3, 0.4) is 0 Å². The number of nitriles is 1. The summed E-state index contributed by atoms with van der Waals surface area (Å²) in [4.78, 5) is 1.81. The van der Waals surface area contributed by atoms with Crippen LogP contribution < -0.4 is 4.90 Å². The van der Waals surface area contributed by atoms with Crippen molar-refractivity contribution in [3.05, 3.63) is 41.1 Å². The van der Waals surface area contributed by atoms with Crippen LogP contribution in [0.2, 0.25) is 0 Å². The number of rotatable bonds is 4. The second-order valence-corrected chi connectivity index (χ2v) is 4.72. The average Bonchev–Trinajstić information content (AvgIpc) is 2.53. The average molecular weight is 282 g/mol. The van der Waals surface area contributed by atoms with Gasteiger partial charge in [-0.15, -0.1) is 5.10 Å². The van der Waals surface area contributed by atoms with E-state index in [1.54, 1.807) is 24.3 Å². The molecule has 0 radical (unpaired) electrons. The number of aryl methyl sites for hydroxylation is 1. The lowest BCUT2D eigenvalue weighted by Crippen LogP contribution is -2.16. The van der Waals surface area contributed by atoms with E-state index in [2.05, 4.69) is 16.3 Å². The van der Waals surface area contributed by atoms with Crippen LogP contribution in [0.15, 0.2) is 24.3 Å². The van der Waals surface area contributed by atoms with Crippen LogP contribution in [0.25, 0.3) is 0 Å². The van der Waals surface area contributed by atoms with Crippen molar-refractivity contribution >= 4 is 11.5 Å². The third kappa shape index (κ3) is 2.79. The second-order valence-electron chi connectivity index (χ2n) is 4.72. The van der Waals surface area contributed by atoms with Crippen molar-refractivity contribution in [1.82, 2.24) is 10.2 Å². The van der Waals surface area contributed by atoms with E-state index in [1.807, 2.05) is 25.8 Å². The van der Waals surface area contributed by atoms with Crippen LogP contribution in [-0.2, 0) is 12.8 Å². The summed E-state index contributed by atoms with van der Waals surface area (Å²) in [5.74, 6) is 0.742. The molecular weight excluding hydrogens is 264 g/mol. The Morgan fingerprint density at radius 1 is 1.14 bits per heavy atom. The number of nitrogens with zero attached hydrogens (tertiary/aromatic N) is 4. The molecule has 1 N–H and O–H groups in total. The molecule has 0 atom stereocenters. The van der Waals surface area contributed by atoms with Crippen LogP contribution in [0.5, 0.6) is 5.75 Å². The predicted octanol–water partition coefficient (Wildman–Crippen LogP) is 2.95. The van der Waals surface area contributed by atoms with Crippen LogP contribution in [-0.4, -0.2) is 22.4 Å². The molecule has 0 amide bonds. The number of phenolic OH excluding ortho intramolecular Hbond substituents is 1. The highest BCUT2D eigenvalue weighted by molar-refractivity contribution is 5.67. The Kier molecular flexibility index (Phi) is 4.39. The first-order valence-corrected chi connectivity index (χ1v) is 6.93. The smallest absolute Gasteiger partial charge is 0.173 e. The molecule has 5 heteroatoms. The fraction of sp³-hybridized carbons (Fsp3) is 0.312. The molecule has 0 unspecified atom stereocenters. The van der Waals surface area contributed by atoms with E-state index in [1.165, 1.54) is 0 Å². The van der Waals surface area contributed by atoms with Gasteiger partial charge in [-0.05, 0) is 42.7 Å². The number of aromatic nitrogens is 2. The molecule has 0 bridgehead atoms.